The van der Waals surface area contributed by atoms with Crippen molar-refractivity contribution in [1.82, 2.24) is 19.0 Å². The first-order valence-corrected chi connectivity index (χ1v) is 16.0. The molecule has 40 heavy (non-hydrogen) atoms. The van der Waals surface area contributed by atoms with Crippen LogP contribution in [0.1, 0.15) is 47.0 Å². The quantitative estimate of drug-likeness (QED) is 0.287. The van der Waals surface area contributed by atoms with E-state index in [-0.39, 0.29) is 30.6 Å². The van der Waals surface area contributed by atoms with Gasteiger partial charge in [0.15, 0.2) is 0 Å². The molecule has 3 aliphatic rings. The lowest BCUT2D eigenvalue weighted by molar-refractivity contribution is -0.139. The molecule has 0 spiro atoms. The molecule has 1 atom stereocenters. The number of sulfonamides is 1. The summed E-state index contributed by atoms with van der Waals surface area (Å²) in [6, 6.07) is 0.0866. The van der Waals surface area contributed by atoms with E-state index < -0.39 is 16.1 Å². The number of piperidine rings is 1. The van der Waals surface area contributed by atoms with E-state index in [1.165, 1.54) is 17.1 Å². The van der Waals surface area contributed by atoms with Crippen LogP contribution in [0.5, 0.6) is 0 Å². The van der Waals surface area contributed by atoms with Crippen molar-refractivity contribution in [2.24, 2.45) is 0 Å². The summed E-state index contributed by atoms with van der Waals surface area (Å²) in [5.41, 5.74) is 1.30. The maximum absolute atomic E-state index is 14.0. The molecule has 228 valence electrons. The highest BCUT2D eigenvalue weighted by molar-refractivity contribution is 7.93. The number of likely N-dealkylation sites (tertiary alicyclic amines) is 1. The summed E-state index contributed by atoms with van der Waals surface area (Å²) >= 11 is 0. The molecular formula is C29H50N4O6S. The van der Waals surface area contributed by atoms with Crippen molar-refractivity contribution < 1.29 is 27.4 Å². The average molecular weight is 583 g/mol. The number of rotatable bonds is 10. The van der Waals surface area contributed by atoms with Gasteiger partial charge in [-0.25, -0.2) is 8.42 Å². The minimum Gasteiger partial charge on any atom is -0.497 e. The highest BCUT2D eigenvalue weighted by atomic mass is 32.2. The first-order valence-electron chi connectivity index (χ1n) is 14.5. The minimum absolute atomic E-state index is 0.0470. The highest BCUT2D eigenvalue weighted by Gasteiger charge is 2.36. The summed E-state index contributed by atoms with van der Waals surface area (Å²) < 4.78 is 46.4. The molecule has 0 aromatic heterocycles. The van der Waals surface area contributed by atoms with Crippen LogP contribution in [0.2, 0.25) is 0 Å². The second-order valence-corrected chi connectivity index (χ2v) is 13.0. The fraction of sp³-hybridized carbons (Fsp3) is 0.759. The average Bonchev–Trinajstić information content (AvgIpc) is 3.18. The molecule has 11 heteroatoms. The molecule has 10 nitrogen and oxygen atoms in total. The summed E-state index contributed by atoms with van der Waals surface area (Å²) in [4.78, 5) is 20.0. The number of methoxy groups -OCH3 is 1. The van der Waals surface area contributed by atoms with Crippen LogP contribution in [0.3, 0.4) is 0 Å². The van der Waals surface area contributed by atoms with Gasteiger partial charge in [-0.05, 0) is 84.8 Å². The van der Waals surface area contributed by atoms with E-state index in [0.717, 1.165) is 26.2 Å². The minimum atomic E-state index is -3.85. The number of hydrogen-bond acceptors (Lipinski definition) is 8. The predicted octanol–water partition coefficient (Wildman–Crippen LogP) is 2.45. The maximum atomic E-state index is 14.0. The maximum Gasteiger partial charge on any atom is 0.248 e. The van der Waals surface area contributed by atoms with E-state index in [2.05, 4.69) is 16.8 Å². The van der Waals surface area contributed by atoms with E-state index >= 15 is 0 Å². The summed E-state index contributed by atoms with van der Waals surface area (Å²) in [5.74, 6) is 0.547. The number of carbonyl (C=O) groups is 1. The third kappa shape index (κ3) is 8.62. The number of allylic oxidation sites excluding steroid dienone is 4. The molecule has 3 rings (SSSR count). The lowest BCUT2D eigenvalue weighted by Gasteiger charge is -2.42. The van der Waals surface area contributed by atoms with Crippen molar-refractivity contribution in [3.05, 3.63) is 34.0 Å². The van der Waals surface area contributed by atoms with Crippen LogP contribution in [-0.4, -0.2) is 132 Å². The molecule has 0 bridgehead atoms. The molecule has 3 heterocycles. The largest absolute Gasteiger partial charge is 0.497 e. The smallest absolute Gasteiger partial charge is 0.248 e. The summed E-state index contributed by atoms with van der Waals surface area (Å²) in [7, 11) is -0.119. The Balaban J connectivity index is 1.60. The van der Waals surface area contributed by atoms with Gasteiger partial charge in [-0.3, -0.25) is 9.69 Å². The zero-order valence-corrected chi connectivity index (χ0v) is 26.2. The first-order chi connectivity index (χ1) is 19.1. The summed E-state index contributed by atoms with van der Waals surface area (Å²) in [5, 5.41) is 0. The Bertz CT molecular complexity index is 1040. The van der Waals surface area contributed by atoms with Crippen LogP contribution in [0.4, 0.5) is 0 Å². The molecule has 1 amide bonds. The summed E-state index contributed by atoms with van der Waals surface area (Å²) in [6.45, 7) is 13.7. The van der Waals surface area contributed by atoms with Gasteiger partial charge in [0.05, 0.1) is 31.3 Å². The Kier molecular flexibility index (Phi) is 12.7. The molecule has 3 saturated heterocycles. The second kappa shape index (κ2) is 15.5. The molecule has 0 aromatic carbocycles. The van der Waals surface area contributed by atoms with Gasteiger partial charge in [0.1, 0.15) is 12.4 Å². The van der Waals surface area contributed by atoms with Crippen LogP contribution < -0.4 is 0 Å². The predicted molar refractivity (Wildman–Crippen MR) is 157 cm³/mol. The van der Waals surface area contributed by atoms with Gasteiger partial charge in [0.2, 0.25) is 15.9 Å². The van der Waals surface area contributed by atoms with E-state index in [9.17, 15) is 13.2 Å². The molecule has 0 radical (unpaired) electrons. The lowest BCUT2D eigenvalue weighted by Crippen LogP contribution is -2.54. The van der Waals surface area contributed by atoms with Crippen molar-refractivity contribution in [3.8, 4) is 0 Å². The molecular weight excluding hydrogens is 532 g/mol. The van der Waals surface area contributed by atoms with Gasteiger partial charge in [-0.1, -0.05) is 5.57 Å². The molecule has 3 aliphatic heterocycles. The normalized spacial score (nSPS) is 23.6. The Labute approximate surface area is 241 Å². The van der Waals surface area contributed by atoms with Crippen molar-refractivity contribution >= 4 is 15.9 Å². The Morgan fingerprint density at radius 2 is 1.70 bits per heavy atom. The van der Waals surface area contributed by atoms with Crippen molar-refractivity contribution in [3.63, 3.8) is 0 Å². The number of carbonyl (C=O) groups excluding carboxylic acids is 1. The standard InChI is InChI=1S/C29H50N4O6S/c1-7-27(37-6)19-24(4)29(23(2)3)40(35,36)33-11-8-18-38-20-26(33)21-39-22-28(34)32-16-14-31(15-17-32)25-9-12-30(5)13-10-25/h7,19,25-26H,8-18,20-22H2,1-6H3/b24-19-,27-7+. The number of piperazine rings is 1. The van der Waals surface area contributed by atoms with Crippen LogP contribution >= 0.6 is 0 Å². The molecule has 0 aliphatic carbocycles. The third-order valence-corrected chi connectivity index (χ3v) is 10.4. The number of nitrogens with zero attached hydrogens (tertiary/aromatic N) is 4. The molecule has 0 aromatic rings. The first kappa shape index (κ1) is 32.8. The SMILES string of the molecule is C/C=C(\C=C(\C)C(=C(C)C)S(=O)(=O)N1CCCOCC1COCC(=O)N1CCN(C2CCN(C)CC2)CC1)OC. The zero-order chi connectivity index (χ0) is 29.3. The molecule has 0 saturated carbocycles. The van der Waals surface area contributed by atoms with Gasteiger partial charge in [-0.15, -0.1) is 0 Å². The Morgan fingerprint density at radius 1 is 1.02 bits per heavy atom. The molecule has 3 fully saturated rings. The van der Waals surface area contributed by atoms with E-state index in [1.54, 1.807) is 40.0 Å². The van der Waals surface area contributed by atoms with E-state index in [1.807, 2.05) is 11.8 Å². The van der Waals surface area contributed by atoms with Crippen LogP contribution in [0.25, 0.3) is 0 Å². The Hall–Kier alpha value is -1.76. The van der Waals surface area contributed by atoms with Gasteiger partial charge < -0.3 is 24.0 Å². The Morgan fingerprint density at radius 3 is 2.30 bits per heavy atom. The van der Waals surface area contributed by atoms with Gasteiger partial charge in [0.25, 0.3) is 0 Å². The second-order valence-electron chi connectivity index (χ2n) is 11.2. The third-order valence-electron chi connectivity index (χ3n) is 8.05. The van der Waals surface area contributed by atoms with Crippen molar-refractivity contribution in [2.45, 2.75) is 59.0 Å². The van der Waals surface area contributed by atoms with Gasteiger partial charge in [-0.2, -0.15) is 4.31 Å². The van der Waals surface area contributed by atoms with Gasteiger partial charge >= 0.3 is 0 Å². The number of ether oxygens (including phenoxy) is 3. The summed E-state index contributed by atoms with van der Waals surface area (Å²) in [6.07, 6.45) is 6.49. The molecule has 1 unspecified atom stereocenters. The fourth-order valence-corrected chi connectivity index (χ4v) is 7.94. The number of hydrogen-bond donors (Lipinski definition) is 0. The van der Waals surface area contributed by atoms with Crippen molar-refractivity contribution in [2.75, 3.05) is 86.4 Å². The van der Waals surface area contributed by atoms with Gasteiger partial charge in [0, 0.05) is 45.4 Å². The topological polar surface area (TPSA) is 91.9 Å². The van der Waals surface area contributed by atoms with E-state index in [4.69, 9.17) is 14.2 Å². The number of amides is 1. The fourth-order valence-electron chi connectivity index (χ4n) is 5.84. The van der Waals surface area contributed by atoms with E-state index in [0.29, 0.717) is 55.6 Å². The lowest BCUT2D eigenvalue weighted by atomic mass is 10.0. The van der Waals surface area contributed by atoms with Crippen LogP contribution in [-0.2, 0) is 29.0 Å². The highest BCUT2D eigenvalue weighted by Crippen LogP contribution is 2.28. The van der Waals surface area contributed by atoms with Crippen LogP contribution in [0, 0.1) is 0 Å². The monoisotopic (exact) mass is 582 g/mol. The van der Waals surface area contributed by atoms with Crippen LogP contribution in [0.15, 0.2) is 34.0 Å². The van der Waals surface area contributed by atoms with Crippen molar-refractivity contribution in [1.29, 1.82) is 0 Å². The molecule has 0 N–H and O–H groups in total. The zero-order valence-electron chi connectivity index (χ0n) is 25.4.